The minimum Gasteiger partial charge on any atom is -0.462 e. The van der Waals surface area contributed by atoms with Gasteiger partial charge in [0, 0.05) is 68.0 Å². The van der Waals surface area contributed by atoms with Gasteiger partial charge in [-0.25, -0.2) is 33.1 Å². The molecule has 0 unspecified atom stereocenters. The smallest absolute Gasteiger partial charge is 0.355 e. The van der Waals surface area contributed by atoms with E-state index >= 15 is 4.39 Å². The van der Waals surface area contributed by atoms with Crippen LogP contribution in [0, 0.1) is 5.82 Å². The molecule has 1 aromatic carbocycles. The lowest BCUT2D eigenvalue weighted by Gasteiger charge is -2.40. The Labute approximate surface area is 474 Å². The summed E-state index contributed by atoms with van der Waals surface area (Å²) in [4.78, 5) is 95.7. The van der Waals surface area contributed by atoms with Crippen molar-refractivity contribution in [2.24, 2.45) is 0 Å². The summed E-state index contributed by atoms with van der Waals surface area (Å²) in [7, 11) is 7.89. The number of nitrogens with zero attached hydrogens (tertiary/aromatic N) is 13. The number of carbonyl (C=O) groups is 1. The number of likely N-dealkylation sites (N-methyl/N-ethyl adjacent to an activating group) is 2. The Morgan fingerprint density at radius 2 is 1.23 bits per heavy atom. The van der Waals surface area contributed by atoms with E-state index in [0.29, 0.717) is 74.0 Å². The van der Waals surface area contributed by atoms with Crippen molar-refractivity contribution in [3.63, 3.8) is 0 Å². The molecule has 24 heteroatoms. The molecule has 1 saturated heterocycles. The van der Waals surface area contributed by atoms with Gasteiger partial charge in [-0.15, -0.1) is 0 Å². The summed E-state index contributed by atoms with van der Waals surface area (Å²) in [6.07, 6.45) is 8.84. The van der Waals surface area contributed by atoms with Gasteiger partial charge in [0.2, 0.25) is 5.91 Å². The number of anilines is 1. The third-order valence-electron chi connectivity index (χ3n) is 14.8. The molecule has 12 rings (SSSR count). The van der Waals surface area contributed by atoms with Crippen molar-refractivity contribution in [3.8, 4) is 34.7 Å². The molecule has 4 saturated carbocycles. The molecule has 4 aliphatic carbocycles. The second-order valence-corrected chi connectivity index (χ2v) is 22.8. The summed E-state index contributed by atoms with van der Waals surface area (Å²) in [5, 5.41) is 1.09. The molecule has 5 aliphatic rings. The number of pyridine rings is 2. The molecule has 20 nitrogen and oxygen atoms in total. The summed E-state index contributed by atoms with van der Waals surface area (Å²) in [6, 6.07) is 9.87. The first-order valence-electron chi connectivity index (χ1n) is 26.9. The van der Waals surface area contributed by atoms with E-state index in [9.17, 15) is 19.2 Å². The molecule has 80 heavy (non-hydrogen) atoms. The fraction of sp³-hybridized carbons (Fsp3) is 0.446. The van der Waals surface area contributed by atoms with Crippen LogP contribution in [0.1, 0.15) is 105 Å². The molecular formula is C56H60Cl3FN14O6. The van der Waals surface area contributed by atoms with E-state index in [1.807, 2.05) is 49.8 Å². The fourth-order valence-electron chi connectivity index (χ4n) is 10.0. The van der Waals surface area contributed by atoms with E-state index in [2.05, 4.69) is 21.5 Å². The van der Waals surface area contributed by atoms with Gasteiger partial charge in [-0.2, -0.15) is 24.9 Å². The van der Waals surface area contributed by atoms with E-state index in [0.717, 1.165) is 80.7 Å². The zero-order valence-corrected chi connectivity index (χ0v) is 47.3. The van der Waals surface area contributed by atoms with Crippen LogP contribution in [0.4, 0.5) is 10.2 Å². The minimum absolute atomic E-state index is 0.0171. The van der Waals surface area contributed by atoms with Gasteiger partial charge in [-0.1, -0.05) is 53.5 Å². The van der Waals surface area contributed by atoms with Crippen LogP contribution >= 0.6 is 34.8 Å². The van der Waals surface area contributed by atoms with Crippen molar-refractivity contribution in [2.45, 2.75) is 88.0 Å². The van der Waals surface area contributed by atoms with Crippen LogP contribution in [0.3, 0.4) is 0 Å². The van der Waals surface area contributed by atoms with Gasteiger partial charge in [0.1, 0.15) is 30.0 Å². The summed E-state index contributed by atoms with van der Waals surface area (Å²) >= 11 is 19.1. The Morgan fingerprint density at radius 1 is 0.713 bits per heavy atom. The number of carbonyl (C=O) groups excluding carboxylic acids is 1. The van der Waals surface area contributed by atoms with Crippen LogP contribution in [-0.2, 0) is 4.79 Å². The standard InChI is InChI=1S/C35H38ClFN8O3.C21H22Cl2N6O3/c1-5-27(46)43-14-15-44(20(2)19-43)32-24-18-25(36)30(23-8-6-7-9-26(23)37)38-33(24)45(35(47)41-32)31-28(21-10-11-21)39-34(48-17-16-42(3)4)40-29(31)22-12-13-22;1-28(2)7-8-32-20-24-14(10-3-4-10)16(15(25-20)11-5-6-11)29-18-12(19(30)27-21(29)31)9-13(22)17(23)26-18/h5-9,18,20-22H,1,10-17,19H2,2-4H3;9-11H,3-8H2,1-2H3,(H,27,30,31)/t20-;/m0./s1. The highest BCUT2D eigenvalue weighted by Crippen LogP contribution is 2.50. The molecule has 6 aromatic heterocycles. The van der Waals surface area contributed by atoms with Gasteiger partial charge in [0.15, 0.2) is 11.3 Å². The maximum Gasteiger partial charge on any atom is 0.355 e. The van der Waals surface area contributed by atoms with Crippen molar-refractivity contribution in [2.75, 3.05) is 79.0 Å². The maximum absolute atomic E-state index is 15.2. The van der Waals surface area contributed by atoms with Crippen molar-refractivity contribution in [3.05, 3.63) is 124 Å². The number of piperazine rings is 1. The maximum atomic E-state index is 15.2. The number of rotatable bonds is 17. The molecule has 0 spiro atoms. The van der Waals surface area contributed by atoms with Gasteiger partial charge in [0.05, 0.1) is 60.7 Å². The number of nitrogens with one attached hydrogen (secondary N) is 1. The van der Waals surface area contributed by atoms with Crippen LogP contribution < -0.4 is 31.3 Å². The van der Waals surface area contributed by atoms with Crippen LogP contribution in [-0.4, -0.2) is 150 Å². The largest absolute Gasteiger partial charge is 0.462 e. The average molecular weight is 1150 g/mol. The molecule has 0 radical (unpaired) electrons. The Bertz CT molecular complexity index is 3720. The average Bonchev–Trinajstić information content (AvgIpc) is 4.38. The van der Waals surface area contributed by atoms with E-state index < -0.39 is 22.8 Å². The molecule has 7 aromatic rings. The Balaban J connectivity index is 0.000000183. The van der Waals surface area contributed by atoms with Crippen LogP contribution in [0.15, 0.2) is 63.4 Å². The SMILES string of the molecule is C=CC(=O)N1CCN(c2nc(=O)n(-c3c(C4CC4)nc(OCCN(C)C)nc3C3CC3)c3nc(-c4ccccc4F)c(Cl)cc23)[C@@H](C)C1.CN(C)CCOc1nc(C2CC2)c(-n2c(=O)[nH]c(=O)c3cc(Cl)c(Cl)nc32)c(C2CC2)n1. The van der Waals surface area contributed by atoms with Crippen LogP contribution in [0.25, 0.3) is 44.7 Å². The topological polar surface area (TPSA) is 216 Å². The number of fused-ring (bicyclic) bond motifs is 2. The number of hydrogen-bond acceptors (Lipinski definition) is 16. The molecule has 5 fully saturated rings. The zero-order valence-electron chi connectivity index (χ0n) is 45.0. The monoisotopic (exact) mass is 1150 g/mol. The lowest BCUT2D eigenvalue weighted by Crippen LogP contribution is -2.54. The van der Waals surface area contributed by atoms with Crippen molar-refractivity contribution >= 4 is 68.6 Å². The first-order valence-corrected chi connectivity index (χ1v) is 28.1. The first kappa shape index (κ1) is 55.0. The first-order chi connectivity index (χ1) is 38.5. The number of benzene rings is 1. The predicted molar refractivity (Wildman–Crippen MR) is 304 cm³/mol. The van der Waals surface area contributed by atoms with E-state index in [4.69, 9.17) is 69.2 Å². The second-order valence-electron chi connectivity index (χ2n) is 21.6. The third kappa shape index (κ3) is 11.4. The molecule has 1 amide bonds. The van der Waals surface area contributed by atoms with Crippen molar-refractivity contribution in [1.29, 1.82) is 0 Å². The second kappa shape index (κ2) is 22.6. The molecular weight excluding hydrogens is 1090 g/mol. The number of amides is 1. The van der Waals surface area contributed by atoms with Gasteiger partial charge in [-0.05, 0) is 117 Å². The molecule has 1 N–H and O–H groups in total. The molecule has 0 bridgehead atoms. The van der Waals surface area contributed by atoms with Crippen molar-refractivity contribution in [1.82, 2.24) is 63.7 Å². The van der Waals surface area contributed by atoms with E-state index in [1.165, 1.54) is 27.3 Å². The Kier molecular flexibility index (Phi) is 15.5. The Morgan fingerprint density at radius 3 is 1.73 bits per heavy atom. The number of halogens is 4. The summed E-state index contributed by atoms with van der Waals surface area (Å²) in [6.45, 7) is 9.20. The van der Waals surface area contributed by atoms with E-state index in [-0.39, 0.29) is 78.8 Å². The Hall–Kier alpha value is -6.91. The van der Waals surface area contributed by atoms with Gasteiger partial charge in [0.25, 0.3) is 5.56 Å². The lowest BCUT2D eigenvalue weighted by atomic mass is 10.1. The van der Waals surface area contributed by atoms with Gasteiger partial charge in [-0.3, -0.25) is 14.6 Å². The molecule has 7 heterocycles. The molecule has 1 atom stereocenters. The number of H-pyrrole nitrogens is 1. The highest BCUT2D eigenvalue weighted by atomic mass is 35.5. The van der Waals surface area contributed by atoms with E-state index in [1.54, 1.807) is 29.2 Å². The zero-order chi connectivity index (χ0) is 56.3. The summed E-state index contributed by atoms with van der Waals surface area (Å²) in [5.41, 5.74) is 3.25. The number of hydrogen-bond donors (Lipinski definition) is 1. The van der Waals surface area contributed by atoms with Gasteiger partial charge < -0.3 is 29.1 Å². The van der Waals surface area contributed by atoms with Gasteiger partial charge >= 0.3 is 23.4 Å². The fourth-order valence-corrected chi connectivity index (χ4v) is 10.6. The van der Waals surface area contributed by atoms with Crippen LogP contribution in [0.5, 0.6) is 12.0 Å². The number of aromatic nitrogens is 10. The highest BCUT2D eigenvalue weighted by Gasteiger charge is 2.40. The molecule has 1 aliphatic heterocycles. The molecule has 418 valence electrons. The summed E-state index contributed by atoms with van der Waals surface area (Å²) in [5.74, 6) is 0.426. The minimum atomic E-state index is -0.609. The number of ether oxygens (including phenoxy) is 2. The number of aromatic amines is 1. The summed E-state index contributed by atoms with van der Waals surface area (Å²) < 4.78 is 30.0. The highest BCUT2D eigenvalue weighted by molar-refractivity contribution is 6.41. The van der Waals surface area contributed by atoms with Crippen molar-refractivity contribution < 1.29 is 18.7 Å². The quantitative estimate of drug-likeness (QED) is 0.0679. The lowest BCUT2D eigenvalue weighted by molar-refractivity contribution is -0.126. The predicted octanol–water partition coefficient (Wildman–Crippen LogP) is 7.81. The third-order valence-corrected chi connectivity index (χ3v) is 15.7. The normalized spacial score (nSPS) is 17.3. The van der Waals surface area contributed by atoms with Crippen LogP contribution in [0.2, 0.25) is 15.2 Å².